The van der Waals surface area contributed by atoms with Gasteiger partial charge in [0.15, 0.2) is 5.76 Å². The van der Waals surface area contributed by atoms with Gasteiger partial charge in [0, 0.05) is 23.9 Å². The highest BCUT2D eigenvalue weighted by atomic mass is 16.5. The maximum absolute atomic E-state index is 12.8. The lowest BCUT2D eigenvalue weighted by Gasteiger charge is -2.22. The molecule has 0 aliphatic carbocycles. The van der Waals surface area contributed by atoms with Gasteiger partial charge in [-0.05, 0) is 37.5 Å². The second-order valence-corrected chi connectivity index (χ2v) is 7.50. The first-order chi connectivity index (χ1) is 14.8. The van der Waals surface area contributed by atoms with E-state index in [-0.39, 0.29) is 12.0 Å². The number of ether oxygens (including phenoxy) is 1. The molecule has 1 unspecified atom stereocenters. The predicted molar refractivity (Wildman–Crippen MR) is 113 cm³/mol. The first-order valence-electron chi connectivity index (χ1n) is 10.2. The Balaban J connectivity index is 1.33. The van der Waals surface area contributed by atoms with Crippen LogP contribution in [0.2, 0.25) is 0 Å². The third kappa shape index (κ3) is 3.84. The number of hydrogen-bond donors (Lipinski definition) is 1. The zero-order valence-corrected chi connectivity index (χ0v) is 16.5. The fraction of sp³-hybridized carbons (Fsp3) is 0.261. The molecule has 0 bridgehead atoms. The van der Waals surface area contributed by atoms with Gasteiger partial charge in [0.25, 0.3) is 5.91 Å². The van der Waals surface area contributed by atoms with Gasteiger partial charge in [-0.2, -0.15) is 5.10 Å². The Hall–Kier alpha value is -3.45. The molecule has 0 spiro atoms. The molecule has 1 saturated heterocycles. The van der Waals surface area contributed by atoms with Crippen molar-refractivity contribution in [2.45, 2.75) is 31.9 Å². The first-order valence-corrected chi connectivity index (χ1v) is 10.2. The van der Waals surface area contributed by atoms with Crippen molar-refractivity contribution in [2.75, 3.05) is 11.9 Å². The topological polar surface area (TPSA) is 82.2 Å². The summed E-state index contributed by atoms with van der Waals surface area (Å²) in [4.78, 5) is 12.8. The average molecular weight is 402 g/mol. The SMILES string of the molecule is O=C(Nc1cnn(CC2CCCCO2)c1)c1ccc2noc(-c3ccccc3)c2c1. The highest BCUT2D eigenvalue weighted by Gasteiger charge is 2.17. The molecule has 1 fully saturated rings. The van der Waals surface area contributed by atoms with Crippen LogP contribution in [0.4, 0.5) is 5.69 Å². The molecule has 1 atom stereocenters. The Labute approximate surface area is 173 Å². The van der Waals surface area contributed by atoms with Crippen molar-refractivity contribution in [3.05, 3.63) is 66.5 Å². The van der Waals surface area contributed by atoms with Gasteiger partial charge in [0.1, 0.15) is 5.52 Å². The van der Waals surface area contributed by atoms with Gasteiger partial charge in [0.05, 0.1) is 29.9 Å². The van der Waals surface area contributed by atoms with Crippen LogP contribution in [-0.4, -0.2) is 33.6 Å². The molecular formula is C23H22N4O3. The summed E-state index contributed by atoms with van der Waals surface area (Å²) < 4.78 is 13.1. The Kier molecular flexibility index (Phi) is 5.03. The number of amides is 1. The minimum atomic E-state index is -0.203. The van der Waals surface area contributed by atoms with Crippen molar-refractivity contribution < 1.29 is 14.1 Å². The molecule has 1 N–H and O–H groups in total. The predicted octanol–water partition coefficient (Wildman–Crippen LogP) is 4.51. The highest BCUT2D eigenvalue weighted by molar-refractivity contribution is 6.07. The summed E-state index contributed by atoms with van der Waals surface area (Å²) in [5.74, 6) is 0.450. The zero-order valence-electron chi connectivity index (χ0n) is 16.5. The Morgan fingerprint density at radius 3 is 2.90 bits per heavy atom. The largest absolute Gasteiger partial charge is 0.376 e. The van der Waals surface area contributed by atoms with Crippen LogP contribution in [0.3, 0.4) is 0 Å². The van der Waals surface area contributed by atoms with E-state index in [0.717, 1.165) is 30.4 Å². The van der Waals surface area contributed by atoms with Crippen molar-refractivity contribution >= 4 is 22.5 Å². The second kappa shape index (κ2) is 8.12. The van der Waals surface area contributed by atoms with Crippen LogP contribution in [-0.2, 0) is 11.3 Å². The Bertz CT molecular complexity index is 1160. The van der Waals surface area contributed by atoms with Gasteiger partial charge in [-0.25, -0.2) is 0 Å². The molecule has 4 aromatic rings. The number of hydrogen-bond acceptors (Lipinski definition) is 5. The number of anilines is 1. The number of fused-ring (bicyclic) bond motifs is 1. The average Bonchev–Trinajstić information content (AvgIpc) is 3.41. The highest BCUT2D eigenvalue weighted by Crippen LogP contribution is 2.29. The van der Waals surface area contributed by atoms with E-state index < -0.39 is 0 Å². The monoisotopic (exact) mass is 402 g/mol. The van der Waals surface area contributed by atoms with Crippen LogP contribution in [0, 0.1) is 0 Å². The lowest BCUT2D eigenvalue weighted by Crippen LogP contribution is -2.24. The molecule has 7 heteroatoms. The van der Waals surface area contributed by atoms with Gasteiger partial charge in [-0.15, -0.1) is 0 Å². The smallest absolute Gasteiger partial charge is 0.255 e. The van der Waals surface area contributed by atoms with E-state index in [4.69, 9.17) is 9.26 Å². The van der Waals surface area contributed by atoms with Crippen LogP contribution in [0.15, 0.2) is 65.4 Å². The second-order valence-electron chi connectivity index (χ2n) is 7.50. The Morgan fingerprint density at radius 2 is 2.07 bits per heavy atom. The molecule has 152 valence electrons. The number of carbonyl (C=O) groups is 1. The van der Waals surface area contributed by atoms with Crippen molar-refractivity contribution in [1.29, 1.82) is 0 Å². The van der Waals surface area contributed by atoms with Gasteiger partial charge >= 0.3 is 0 Å². The van der Waals surface area contributed by atoms with Crippen LogP contribution in [0.1, 0.15) is 29.6 Å². The minimum absolute atomic E-state index is 0.189. The van der Waals surface area contributed by atoms with Gasteiger partial charge in [-0.3, -0.25) is 9.48 Å². The van der Waals surface area contributed by atoms with Gasteiger partial charge < -0.3 is 14.6 Å². The molecule has 1 amide bonds. The molecule has 2 aromatic heterocycles. The number of nitrogens with one attached hydrogen (secondary N) is 1. The maximum atomic E-state index is 12.8. The van der Waals surface area contributed by atoms with Crippen molar-refractivity contribution in [1.82, 2.24) is 14.9 Å². The Morgan fingerprint density at radius 1 is 1.17 bits per heavy atom. The molecule has 3 heterocycles. The maximum Gasteiger partial charge on any atom is 0.255 e. The summed E-state index contributed by atoms with van der Waals surface area (Å²) in [5, 5.41) is 12.2. The number of carbonyl (C=O) groups excluding carboxylic acids is 1. The first kappa shape index (κ1) is 18.6. The van der Waals surface area contributed by atoms with E-state index in [1.807, 2.05) is 47.3 Å². The van der Waals surface area contributed by atoms with E-state index in [2.05, 4.69) is 15.6 Å². The molecule has 30 heavy (non-hydrogen) atoms. The van der Waals surface area contributed by atoms with Crippen molar-refractivity contribution in [3.63, 3.8) is 0 Å². The molecule has 7 nitrogen and oxygen atoms in total. The number of aromatic nitrogens is 3. The minimum Gasteiger partial charge on any atom is -0.376 e. The van der Waals surface area contributed by atoms with Crippen LogP contribution < -0.4 is 5.32 Å². The fourth-order valence-corrected chi connectivity index (χ4v) is 3.77. The van der Waals surface area contributed by atoms with Gasteiger partial charge in [-0.1, -0.05) is 35.5 Å². The molecule has 2 aromatic carbocycles. The summed E-state index contributed by atoms with van der Waals surface area (Å²) in [6.07, 6.45) is 7.04. The standard InChI is InChI=1S/C23H22N4O3/c28-23(25-18-13-24-27(14-18)15-19-8-4-5-11-29-19)17-9-10-21-20(12-17)22(30-26-21)16-6-2-1-3-7-16/h1-3,6-7,9-10,12-14,19H,4-5,8,11,15H2,(H,25,28). The van der Waals surface area contributed by atoms with Crippen LogP contribution in [0.25, 0.3) is 22.2 Å². The van der Waals surface area contributed by atoms with Crippen molar-refractivity contribution in [3.8, 4) is 11.3 Å². The third-order valence-corrected chi connectivity index (χ3v) is 5.33. The van der Waals surface area contributed by atoms with Crippen LogP contribution >= 0.6 is 0 Å². The van der Waals surface area contributed by atoms with E-state index in [9.17, 15) is 4.79 Å². The zero-order chi connectivity index (χ0) is 20.3. The summed E-state index contributed by atoms with van der Waals surface area (Å²) in [6.45, 7) is 1.51. The third-order valence-electron chi connectivity index (χ3n) is 5.33. The number of rotatable bonds is 5. The molecule has 1 aliphatic heterocycles. The molecule has 1 aliphatic rings. The van der Waals surface area contributed by atoms with Crippen molar-refractivity contribution in [2.24, 2.45) is 0 Å². The molecule has 0 saturated carbocycles. The van der Waals surface area contributed by atoms with E-state index in [0.29, 0.717) is 29.1 Å². The summed E-state index contributed by atoms with van der Waals surface area (Å²) in [7, 11) is 0. The lowest BCUT2D eigenvalue weighted by molar-refractivity contribution is 0.00400. The summed E-state index contributed by atoms with van der Waals surface area (Å²) in [5.41, 5.74) is 2.82. The van der Waals surface area contributed by atoms with Crippen LogP contribution in [0.5, 0.6) is 0 Å². The molecule has 0 radical (unpaired) electrons. The van der Waals surface area contributed by atoms with Gasteiger partial charge in [0.2, 0.25) is 0 Å². The van der Waals surface area contributed by atoms with E-state index in [1.165, 1.54) is 6.42 Å². The summed E-state index contributed by atoms with van der Waals surface area (Å²) in [6, 6.07) is 15.1. The summed E-state index contributed by atoms with van der Waals surface area (Å²) >= 11 is 0. The molecule has 5 rings (SSSR count). The normalized spacial score (nSPS) is 16.6. The van der Waals surface area contributed by atoms with E-state index in [1.54, 1.807) is 18.3 Å². The number of benzene rings is 2. The molecular weight excluding hydrogens is 380 g/mol. The lowest BCUT2D eigenvalue weighted by atomic mass is 10.1. The van der Waals surface area contributed by atoms with E-state index >= 15 is 0 Å². The quantitative estimate of drug-likeness (QED) is 0.531. The number of nitrogens with zero attached hydrogens (tertiary/aromatic N) is 3. The fourth-order valence-electron chi connectivity index (χ4n) is 3.77.